The van der Waals surface area contributed by atoms with Crippen LogP contribution in [0.4, 0.5) is 0 Å². The molecule has 31 heavy (non-hydrogen) atoms. The van der Waals surface area contributed by atoms with E-state index in [2.05, 4.69) is 140 Å². The average molecular weight is 439 g/mol. The minimum Gasteiger partial charge on any atom is -0.455 e. The lowest BCUT2D eigenvalue weighted by molar-refractivity contribution is 1.18. The second-order valence-electron chi connectivity index (χ2n) is 8.04. The van der Waals surface area contributed by atoms with Gasteiger partial charge in [0.1, 0.15) is 0 Å². The Morgan fingerprint density at radius 2 is 1.26 bits per heavy atom. The topological polar surface area (TPSA) is 14.8 Å². The lowest BCUT2D eigenvalue weighted by Crippen LogP contribution is -2.27. The summed E-state index contributed by atoms with van der Waals surface area (Å²) in [4.78, 5) is 0. The Hall–Kier alpha value is -2.12. The second-order valence-corrected chi connectivity index (χ2v) is 9.59. The number of nitrogens with zero attached hydrogens (tertiary/aromatic N) is 3. The Morgan fingerprint density at radius 3 is 1.97 bits per heavy atom. The predicted octanol–water partition coefficient (Wildman–Crippen LogP) is 3.05. The summed E-state index contributed by atoms with van der Waals surface area (Å²) in [5.74, 6) is 0. The minimum absolute atomic E-state index is 1.05. The molecule has 6 rings (SSSR count). The molecule has 3 nitrogen and oxygen atoms in total. The van der Waals surface area contributed by atoms with Crippen LogP contribution in [0.1, 0.15) is 11.3 Å². The molecule has 0 aliphatic carbocycles. The van der Waals surface area contributed by atoms with Gasteiger partial charge < -0.3 is 10.7 Å². The Kier molecular flexibility index (Phi) is 4.38. The Balaban J connectivity index is 1.76. The van der Waals surface area contributed by atoms with Crippen LogP contribution in [0.5, 0.6) is 0 Å². The first-order valence-corrected chi connectivity index (χ1v) is 11.7. The Bertz CT molecular complexity index is 1800. The van der Waals surface area contributed by atoms with Crippen molar-refractivity contribution in [3.8, 4) is 0 Å². The van der Waals surface area contributed by atoms with E-state index in [1.165, 1.54) is 54.9 Å². The summed E-state index contributed by atoms with van der Waals surface area (Å²) >= 11 is 8.61. The summed E-state index contributed by atoms with van der Waals surface area (Å²) in [7, 11) is 0. The van der Waals surface area contributed by atoms with Gasteiger partial charge in [0, 0.05) is 54.5 Å². The van der Waals surface area contributed by atoms with Crippen molar-refractivity contribution >= 4 is 106 Å². The summed E-state index contributed by atoms with van der Waals surface area (Å²) in [5.41, 5.74) is 7.24. The summed E-state index contributed by atoms with van der Waals surface area (Å²) < 4.78 is 6.59. The highest BCUT2D eigenvalue weighted by Gasteiger charge is 2.14. The van der Waals surface area contributed by atoms with Gasteiger partial charge in [-0.3, -0.25) is 0 Å². The fourth-order valence-corrected chi connectivity index (χ4v) is 6.03. The third-order valence-corrected chi connectivity index (χ3v) is 8.24. The highest BCUT2D eigenvalue weighted by molar-refractivity contribution is 6.24. The standard InChI is InChI=1S/C25H16N3.3Al/c1-14-16-7-3-5-9-21(16)27-23(14)11-18-15(2)26-24-12-19-17-8-4-6-10-22(17)28-25(19)13-20(18)24;;;/h3-13H,1H2,2H3;;;/q-3;3*+1/b23-11+;;;. The smallest absolute Gasteiger partial charge is 0.318 e. The molecule has 6 radical (unpaired) electrons. The van der Waals surface area contributed by atoms with E-state index in [0.29, 0.717) is 0 Å². The lowest BCUT2D eigenvalue weighted by atomic mass is 10.1. The number of benzene rings is 3. The van der Waals surface area contributed by atoms with Crippen molar-refractivity contribution < 1.29 is 0 Å². The largest absolute Gasteiger partial charge is 0.455 e. The van der Waals surface area contributed by atoms with Crippen LogP contribution < -0.4 is 10.6 Å². The summed E-state index contributed by atoms with van der Waals surface area (Å²) in [6, 6.07) is 21.6. The van der Waals surface area contributed by atoms with E-state index in [4.69, 9.17) is 0 Å². The molecule has 0 bridgehead atoms. The maximum Gasteiger partial charge on any atom is 0.318 e. The minimum atomic E-state index is 1.05. The lowest BCUT2D eigenvalue weighted by Gasteiger charge is -2.02. The molecule has 0 aliphatic rings. The van der Waals surface area contributed by atoms with Crippen molar-refractivity contribution in [2.75, 3.05) is 0 Å². The van der Waals surface area contributed by atoms with Crippen molar-refractivity contribution in [2.24, 2.45) is 0 Å². The van der Waals surface area contributed by atoms with Crippen LogP contribution in [0.3, 0.4) is 0 Å². The van der Waals surface area contributed by atoms with E-state index in [1.807, 2.05) is 0 Å². The third-order valence-electron chi connectivity index (χ3n) is 6.47. The first-order valence-electron chi connectivity index (χ1n) is 10.1. The van der Waals surface area contributed by atoms with Gasteiger partial charge in [0.15, 0.2) is 0 Å². The summed E-state index contributed by atoms with van der Waals surface area (Å²) in [6.07, 6.45) is 2.27. The number of hydrogen-bond acceptors (Lipinski definition) is 0. The fraction of sp³-hybridized carbons (Fsp3) is 0.0400. The van der Waals surface area contributed by atoms with E-state index in [1.54, 1.807) is 0 Å². The van der Waals surface area contributed by atoms with Gasteiger partial charge in [-0.05, 0) is 48.2 Å². The zero-order chi connectivity index (χ0) is 21.4. The molecule has 6 heteroatoms. The fourth-order valence-electron chi connectivity index (χ4n) is 4.78. The zero-order valence-corrected chi connectivity index (χ0v) is 20.6. The van der Waals surface area contributed by atoms with Crippen LogP contribution in [0.25, 0.3) is 56.3 Å². The number of fused-ring (bicyclic) bond motifs is 5. The quantitative estimate of drug-likeness (QED) is 0.350. The molecule has 0 saturated heterocycles. The van der Waals surface area contributed by atoms with E-state index < -0.39 is 0 Å². The zero-order valence-electron chi connectivity index (χ0n) is 17.1. The van der Waals surface area contributed by atoms with E-state index in [9.17, 15) is 0 Å². The predicted molar refractivity (Wildman–Crippen MR) is 133 cm³/mol. The van der Waals surface area contributed by atoms with Gasteiger partial charge in [0.05, 0.1) is 0 Å². The molecule has 0 atom stereocenters. The van der Waals surface area contributed by atoms with Crippen LogP contribution in [0, 0.1) is 6.92 Å². The van der Waals surface area contributed by atoms with E-state index in [-0.39, 0.29) is 0 Å². The first kappa shape index (κ1) is 19.6. The van der Waals surface area contributed by atoms with Crippen LogP contribution in [-0.2, 0) is 0 Å². The molecule has 140 valence electrons. The number of rotatable bonds is 1. The molecule has 6 aromatic rings. The molecule has 0 N–H and O–H groups in total. The van der Waals surface area contributed by atoms with Crippen LogP contribution >= 0.6 is 0 Å². The highest BCUT2D eigenvalue weighted by atomic mass is 27.1. The van der Waals surface area contributed by atoms with Gasteiger partial charge in [-0.25, -0.2) is 0 Å². The summed E-state index contributed by atoms with van der Waals surface area (Å²) in [6.45, 7) is 6.57. The van der Waals surface area contributed by atoms with Crippen molar-refractivity contribution in [3.05, 3.63) is 82.5 Å². The first-order chi connectivity index (χ1) is 15.0. The van der Waals surface area contributed by atoms with Gasteiger partial charge in [0.2, 0.25) is 0 Å². The Labute approximate surface area is 204 Å². The normalized spacial score (nSPS) is 12.7. The van der Waals surface area contributed by atoms with Crippen molar-refractivity contribution in [3.63, 3.8) is 0 Å². The number of aromatic nitrogens is 3. The van der Waals surface area contributed by atoms with E-state index in [0.717, 1.165) is 10.6 Å². The van der Waals surface area contributed by atoms with Crippen LogP contribution in [0.15, 0.2) is 60.7 Å². The van der Waals surface area contributed by atoms with Gasteiger partial charge in [0.25, 0.3) is 0 Å². The van der Waals surface area contributed by atoms with Gasteiger partial charge in [-0.15, -0.1) is 0 Å². The molecule has 0 amide bonds. The molecular formula is C25H16Al3N3. The molecule has 3 aromatic heterocycles. The maximum atomic E-state index is 4.39. The monoisotopic (exact) mass is 439 g/mol. The molecule has 0 unspecified atom stereocenters. The SMILES string of the molecule is C=c1/c(=C\c2c(C)[n]([Al])c3cc4c5ccccc5[n]([Al])c4cc23)[n]([Al])c2ccccc12. The Morgan fingerprint density at radius 1 is 0.677 bits per heavy atom. The molecule has 0 spiro atoms. The molecular weight excluding hydrogens is 423 g/mol. The van der Waals surface area contributed by atoms with Crippen LogP contribution in [-0.4, -0.2) is 60.2 Å². The number of hydrogen-bond donors (Lipinski definition) is 0. The summed E-state index contributed by atoms with van der Waals surface area (Å²) in [5, 5.41) is 7.12. The highest BCUT2D eigenvalue weighted by Crippen LogP contribution is 2.34. The van der Waals surface area contributed by atoms with Gasteiger partial charge >= 0.3 is 49.5 Å². The molecule has 0 fully saturated rings. The third kappa shape index (κ3) is 2.65. The van der Waals surface area contributed by atoms with Crippen molar-refractivity contribution in [1.82, 2.24) is 10.7 Å². The van der Waals surface area contributed by atoms with Gasteiger partial charge in [-0.1, -0.05) is 43.0 Å². The average Bonchev–Trinajstić information content (AvgIpc) is 3.31. The van der Waals surface area contributed by atoms with Crippen molar-refractivity contribution in [1.29, 1.82) is 0 Å². The van der Waals surface area contributed by atoms with Crippen molar-refractivity contribution in [2.45, 2.75) is 6.92 Å². The molecule has 0 aliphatic heterocycles. The van der Waals surface area contributed by atoms with Gasteiger partial charge in [-0.2, -0.15) is 0 Å². The number of para-hydroxylation sites is 2. The molecule has 3 aromatic carbocycles. The second kappa shape index (κ2) is 6.94. The van der Waals surface area contributed by atoms with Crippen LogP contribution in [0.2, 0.25) is 0 Å². The molecule has 0 saturated carbocycles. The molecule has 3 heterocycles. The van der Waals surface area contributed by atoms with E-state index >= 15 is 0 Å². The maximum absolute atomic E-state index is 4.39.